The molecule has 2 heterocycles. The molecule has 3 aromatic rings. The van der Waals surface area contributed by atoms with Crippen LogP contribution in [0, 0.1) is 10.8 Å². The lowest BCUT2D eigenvalue weighted by atomic mass is 9.62. The predicted octanol–water partition coefficient (Wildman–Crippen LogP) is 7.87. The van der Waals surface area contributed by atoms with Gasteiger partial charge in [0.15, 0.2) is 6.23 Å². The summed E-state index contributed by atoms with van der Waals surface area (Å²) in [6.07, 6.45) is 11.4. The van der Waals surface area contributed by atoms with Crippen LogP contribution < -0.4 is 0 Å². The number of hydrogen-bond donors (Lipinski definition) is 1. The highest BCUT2D eigenvalue weighted by molar-refractivity contribution is 5.90. The Bertz CT molecular complexity index is 1330. The maximum absolute atomic E-state index is 11.0. The molecule has 5 rings (SSSR count). The third kappa shape index (κ3) is 5.72. The van der Waals surface area contributed by atoms with Crippen molar-refractivity contribution < 1.29 is 14.6 Å². The van der Waals surface area contributed by atoms with E-state index in [-0.39, 0.29) is 17.1 Å². The maximum Gasteiger partial charge on any atom is 0.328 e. The number of rotatable bonds is 5. The van der Waals surface area contributed by atoms with Crippen LogP contribution in [-0.2, 0) is 9.53 Å². The van der Waals surface area contributed by atoms with E-state index in [9.17, 15) is 4.79 Å². The molecule has 1 saturated carbocycles. The Hall–Kier alpha value is -3.18. The Morgan fingerprint density at radius 3 is 2.38 bits per heavy atom. The molecule has 1 atom stereocenters. The molecule has 1 aromatic heterocycles. The Labute approximate surface area is 219 Å². The van der Waals surface area contributed by atoms with E-state index in [1.807, 2.05) is 23.0 Å². The van der Waals surface area contributed by atoms with Crippen molar-refractivity contribution in [3.63, 3.8) is 0 Å². The molecule has 1 N–H and O–H groups in total. The number of allylic oxidation sites excluding steroid dienone is 1. The van der Waals surface area contributed by atoms with Crippen molar-refractivity contribution in [3.05, 3.63) is 77.0 Å². The van der Waals surface area contributed by atoms with Gasteiger partial charge in [0.2, 0.25) is 0 Å². The first kappa shape index (κ1) is 25.5. The van der Waals surface area contributed by atoms with E-state index in [2.05, 4.69) is 58.0 Å². The predicted molar refractivity (Wildman–Crippen MR) is 149 cm³/mol. The largest absolute Gasteiger partial charge is 0.478 e. The first-order valence-electron chi connectivity index (χ1n) is 13.4. The van der Waals surface area contributed by atoms with Crippen LogP contribution in [0.2, 0.25) is 0 Å². The highest BCUT2D eigenvalue weighted by Gasteiger charge is 2.37. The van der Waals surface area contributed by atoms with Crippen LogP contribution in [0.4, 0.5) is 0 Å². The molecule has 194 valence electrons. The minimum Gasteiger partial charge on any atom is -0.478 e. The standard InChI is InChI=1S/C32H38N2O3/c1-31(2)18-26(19-32(3,4)21-31)30(23-11-8-22(9-12-23)10-15-29(35)36)24-13-14-27-25(17-24)20-33-34(27)28-7-5-6-16-37-28/h8-15,17,20,28H,5-7,16,18-19,21H2,1-4H3,(H,35,36). The number of nitrogens with zero attached hydrogens (tertiary/aromatic N) is 2. The SMILES string of the molecule is CC1(C)CC(=C(c2ccc(C=CC(=O)O)cc2)c2ccc3c(cnn3C3CCCCO3)c2)CC(C)(C)C1. The number of carboxylic acids is 1. The van der Waals surface area contributed by atoms with Crippen LogP contribution in [0.15, 0.2) is 60.3 Å². The van der Waals surface area contributed by atoms with Crippen LogP contribution in [0.5, 0.6) is 0 Å². The van der Waals surface area contributed by atoms with Crippen LogP contribution in [-0.4, -0.2) is 27.5 Å². The number of ether oxygens (including phenoxy) is 1. The average molecular weight is 499 g/mol. The van der Waals surface area contributed by atoms with Gasteiger partial charge in [0, 0.05) is 18.1 Å². The Kier molecular flexibility index (Phi) is 6.84. The van der Waals surface area contributed by atoms with Crippen molar-refractivity contribution in [1.82, 2.24) is 9.78 Å². The zero-order valence-corrected chi connectivity index (χ0v) is 22.5. The van der Waals surface area contributed by atoms with Gasteiger partial charge < -0.3 is 9.84 Å². The molecular formula is C32H38N2O3. The first-order valence-corrected chi connectivity index (χ1v) is 13.4. The lowest BCUT2D eigenvalue weighted by Gasteiger charge is -2.43. The lowest BCUT2D eigenvalue weighted by molar-refractivity contribution is -0.131. The van der Waals surface area contributed by atoms with Gasteiger partial charge in [-0.15, -0.1) is 0 Å². The Morgan fingerprint density at radius 2 is 1.73 bits per heavy atom. The summed E-state index contributed by atoms with van der Waals surface area (Å²) in [5, 5.41) is 14.8. The van der Waals surface area contributed by atoms with Gasteiger partial charge in [-0.1, -0.05) is 63.6 Å². The fourth-order valence-electron chi connectivity index (χ4n) is 6.67. The molecule has 0 bridgehead atoms. The molecule has 1 aliphatic carbocycles. The number of aliphatic carboxylic acids is 1. The monoisotopic (exact) mass is 498 g/mol. The molecular weight excluding hydrogens is 460 g/mol. The number of benzene rings is 2. The Balaban J connectivity index is 1.60. The molecule has 0 spiro atoms. The third-order valence-electron chi connectivity index (χ3n) is 7.62. The van der Waals surface area contributed by atoms with Gasteiger partial charge in [0.05, 0.1) is 11.7 Å². The van der Waals surface area contributed by atoms with Crippen molar-refractivity contribution in [2.75, 3.05) is 6.61 Å². The molecule has 0 radical (unpaired) electrons. The van der Waals surface area contributed by atoms with E-state index < -0.39 is 5.97 Å². The van der Waals surface area contributed by atoms with E-state index >= 15 is 0 Å². The number of carboxylic acid groups (broad SMARTS) is 1. The summed E-state index contributed by atoms with van der Waals surface area (Å²) in [6, 6.07) is 15.0. The second-order valence-electron chi connectivity index (χ2n) is 12.3. The van der Waals surface area contributed by atoms with Crippen molar-refractivity contribution in [1.29, 1.82) is 0 Å². The molecule has 5 heteroatoms. The van der Waals surface area contributed by atoms with E-state index in [1.165, 1.54) is 41.2 Å². The van der Waals surface area contributed by atoms with E-state index in [0.717, 1.165) is 48.8 Å². The smallest absolute Gasteiger partial charge is 0.328 e. The van der Waals surface area contributed by atoms with Gasteiger partial charge in [-0.05, 0) is 89.8 Å². The summed E-state index contributed by atoms with van der Waals surface area (Å²) in [5.74, 6) is -0.939. The highest BCUT2D eigenvalue weighted by atomic mass is 16.5. The number of fused-ring (bicyclic) bond motifs is 1. The number of hydrogen-bond acceptors (Lipinski definition) is 3. The third-order valence-corrected chi connectivity index (χ3v) is 7.62. The number of carbonyl (C=O) groups is 1. The minimum absolute atomic E-state index is 0.0151. The summed E-state index contributed by atoms with van der Waals surface area (Å²) in [6.45, 7) is 10.3. The fraction of sp³-hybridized carbons (Fsp3) is 0.438. The second kappa shape index (κ2) is 9.94. The van der Waals surface area contributed by atoms with E-state index in [1.54, 1.807) is 6.08 Å². The summed E-state index contributed by atoms with van der Waals surface area (Å²) in [4.78, 5) is 11.0. The van der Waals surface area contributed by atoms with Crippen molar-refractivity contribution in [2.24, 2.45) is 10.8 Å². The Morgan fingerprint density at radius 1 is 1.03 bits per heavy atom. The zero-order chi connectivity index (χ0) is 26.2. The van der Waals surface area contributed by atoms with Crippen LogP contribution >= 0.6 is 0 Å². The summed E-state index contributed by atoms with van der Waals surface area (Å²) < 4.78 is 8.06. The van der Waals surface area contributed by atoms with Crippen molar-refractivity contribution >= 4 is 28.5 Å². The van der Waals surface area contributed by atoms with E-state index in [4.69, 9.17) is 14.9 Å². The van der Waals surface area contributed by atoms with Gasteiger partial charge in [-0.2, -0.15) is 5.10 Å². The quantitative estimate of drug-likeness (QED) is 0.364. The second-order valence-corrected chi connectivity index (χ2v) is 12.3. The minimum atomic E-state index is -0.939. The molecule has 5 nitrogen and oxygen atoms in total. The lowest BCUT2D eigenvalue weighted by Crippen LogP contribution is -2.30. The average Bonchev–Trinajstić information content (AvgIpc) is 3.26. The zero-order valence-electron chi connectivity index (χ0n) is 22.5. The summed E-state index contributed by atoms with van der Waals surface area (Å²) in [5.41, 5.74) is 7.57. The number of aromatic nitrogens is 2. The van der Waals surface area contributed by atoms with Crippen molar-refractivity contribution in [3.8, 4) is 0 Å². The van der Waals surface area contributed by atoms with Crippen LogP contribution in [0.25, 0.3) is 22.6 Å². The van der Waals surface area contributed by atoms with Gasteiger partial charge >= 0.3 is 5.97 Å². The normalized spacial score (nSPS) is 21.4. The van der Waals surface area contributed by atoms with Gasteiger partial charge in [-0.3, -0.25) is 0 Å². The van der Waals surface area contributed by atoms with Crippen LogP contribution in [0.3, 0.4) is 0 Å². The van der Waals surface area contributed by atoms with E-state index in [0.29, 0.717) is 0 Å². The summed E-state index contributed by atoms with van der Waals surface area (Å²) in [7, 11) is 0. The molecule has 1 aliphatic heterocycles. The van der Waals surface area contributed by atoms with Gasteiger partial charge in [0.1, 0.15) is 0 Å². The molecule has 0 amide bonds. The van der Waals surface area contributed by atoms with Crippen molar-refractivity contribution in [2.45, 2.75) is 72.4 Å². The van der Waals surface area contributed by atoms with Crippen LogP contribution in [0.1, 0.15) is 89.1 Å². The van der Waals surface area contributed by atoms with Gasteiger partial charge in [-0.25, -0.2) is 9.48 Å². The molecule has 1 unspecified atom stereocenters. The highest BCUT2D eigenvalue weighted by Crippen LogP contribution is 2.51. The molecule has 2 aromatic carbocycles. The maximum atomic E-state index is 11.0. The van der Waals surface area contributed by atoms with Gasteiger partial charge in [0.25, 0.3) is 0 Å². The molecule has 2 fully saturated rings. The first-order chi connectivity index (χ1) is 17.6. The summed E-state index contributed by atoms with van der Waals surface area (Å²) >= 11 is 0. The fourth-order valence-corrected chi connectivity index (χ4v) is 6.67. The molecule has 1 saturated heterocycles. The molecule has 37 heavy (non-hydrogen) atoms. The molecule has 2 aliphatic rings. The topological polar surface area (TPSA) is 64.3 Å².